The van der Waals surface area contributed by atoms with Crippen LogP contribution < -0.4 is 4.74 Å². The lowest BCUT2D eigenvalue weighted by molar-refractivity contribution is -0.129. The lowest BCUT2D eigenvalue weighted by Gasteiger charge is -2.17. The van der Waals surface area contributed by atoms with Gasteiger partial charge in [0.25, 0.3) is 0 Å². The van der Waals surface area contributed by atoms with Crippen molar-refractivity contribution in [3.63, 3.8) is 0 Å². The number of likely N-dealkylation sites (tertiary alicyclic amines) is 1. The summed E-state index contributed by atoms with van der Waals surface area (Å²) in [5.41, 5.74) is 0.983. The number of hydrogen-bond donors (Lipinski definition) is 1. The number of nitrogens with one attached hydrogen (secondary N) is 1. The van der Waals surface area contributed by atoms with Gasteiger partial charge in [0.15, 0.2) is 3.95 Å². The van der Waals surface area contributed by atoms with Gasteiger partial charge in [-0.3, -0.25) is 4.79 Å². The average molecular weight is 369 g/mol. The Morgan fingerprint density at radius 2 is 2.30 bits per heavy atom. The molecule has 23 heavy (non-hydrogen) atoms. The van der Waals surface area contributed by atoms with Gasteiger partial charge in [0, 0.05) is 23.5 Å². The van der Waals surface area contributed by atoms with Gasteiger partial charge in [0.2, 0.25) is 5.91 Å². The maximum absolute atomic E-state index is 12.4. The summed E-state index contributed by atoms with van der Waals surface area (Å²) in [6, 6.07) is 7.41. The first-order chi connectivity index (χ1) is 11.0. The van der Waals surface area contributed by atoms with Crippen molar-refractivity contribution in [2.24, 2.45) is 0 Å². The second kappa shape index (κ2) is 7.03. The van der Waals surface area contributed by atoms with E-state index < -0.39 is 0 Å². The monoisotopic (exact) mass is 368 g/mol. The van der Waals surface area contributed by atoms with Gasteiger partial charge < -0.3 is 14.6 Å². The van der Waals surface area contributed by atoms with Gasteiger partial charge in [-0.1, -0.05) is 23.7 Å². The predicted octanol–water partition coefficient (Wildman–Crippen LogP) is 3.99. The Morgan fingerprint density at radius 3 is 3.00 bits per heavy atom. The molecule has 7 heteroatoms. The van der Waals surface area contributed by atoms with Crippen molar-refractivity contribution < 1.29 is 9.53 Å². The molecule has 1 aromatic heterocycles. The van der Waals surface area contributed by atoms with Crippen molar-refractivity contribution in [3.05, 3.63) is 43.8 Å². The number of aromatic nitrogens is 1. The largest absolute Gasteiger partial charge is 0.487 e. The van der Waals surface area contributed by atoms with Gasteiger partial charge >= 0.3 is 0 Å². The number of amides is 1. The van der Waals surface area contributed by atoms with Crippen molar-refractivity contribution in [1.82, 2.24) is 9.88 Å². The number of rotatable bonds is 4. The average Bonchev–Trinajstić information content (AvgIpc) is 3.09. The van der Waals surface area contributed by atoms with Crippen molar-refractivity contribution in [2.75, 3.05) is 13.1 Å². The molecular formula is C16H17ClN2O2S2. The van der Waals surface area contributed by atoms with Crippen molar-refractivity contribution in [3.8, 4) is 5.75 Å². The second-order valence-electron chi connectivity index (χ2n) is 5.54. The Labute approximate surface area is 149 Å². The van der Waals surface area contributed by atoms with E-state index in [1.54, 1.807) is 6.07 Å². The number of halogens is 1. The van der Waals surface area contributed by atoms with Crippen LogP contribution in [-0.2, 0) is 11.2 Å². The number of hydrogen-bond acceptors (Lipinski definition) is 4. The minimum Gasteiger partial charge on any atom is -0.487 e. The SMILES string of the molecule is Cc1[nH]c(=S)sc1CC(=O)N1CC[C@@H](Oc2ccccc2Cl)C1. The van der Waals surface area contributed by atoms with Crippen LogP contribution in [-0.4, -0.2) is 35.0 Å². The van der Waals surface area contributed by atoms with Crippen molar-refractivity contribution in [2.45, 2.75) is 25.9 Å². The molecule has 4 nitrogen and oxygen atoms in total. The molecule has 0 spiro atoms. The number of para-hydroxylation sites is 1. The molecule has 2 aromatic rings. The van der Waals surface area contributed by atoms with Gasteiger partial charge in [-0.05, 0) is 31.3 Å². The molecule has 0 saturated carbocycles. The predicted molar refractivity (Wildman–Crippen MR) is 95.0 cm³/mol. The third-order valence-electron chi connectivity index (χ3n) is 3.86. The summed E-state index contributed by atoms with van der Waals surface area (Å²) < 4.78 is 6.63. The number of aryl methyl sites for hydroxylation is 1. The molecule has 2 heterocycles. The van der Waals surface area contributed by atoms with Crippen molar-refractivity contribution in [1.29, 1.82) is 0 Å². The number of ether oxygens (including phenoxy) is 1. The van der Waals surface area contributed by atoms with Crippen LogP contribution in [0.25, 0.3) is 0 Å². The molecule has 122 valence electrons. The molecule has 1 aliphatic rings. The van der Waals surface area contributed by atoms with Gasteiger partial charge in [-0.2, -0.15) is 0 Å². The summed E-state index contributed by atoms with van der Waals surface area (Å²) in [6.07, 6.45) is 1.20. The summed E-state index contributed by atoms with van der Waals surface area (Å²) in [6.45, 7) is 3.25. The van der Waals surface area contributed by atoms with Crippen LogP contribution in [0, 0.1) is 10.9 Å². The number of H-pyrrole nitrogens is 1. The van der Waals surface area contributed by atoms with E-state index in [0.717, 1.165) is 17.0 Å². The van der Waals surface area contributed by atoms with E-state index in [1.807, 2.05) is 30.0 Å². The standard InChI is InChI=1S/C16H17ClN2O2S2/c1-10-14(23-16(22)18-10)8-15(20)19-7-6-11(9-19)21-13-5-3-2-4-12(13)17/h2-5,11H,6-9H2,1H3,(H,18,22)/t11-/m1/s1. The zero-order chi connectivity index (χ0) is 16.4. The summed E-state index contributed by atoms with van der Waals surface area (Å²) in [5.74, 6) is 0.788. The molecule has 1 aromatic carbocycles. The van der Waals surface area contributed by atoms with E-state index >= 15 is 0 Å². The number of carbonyl (C=O) groups is 1. The Hall–Kier alpha value is -1.37. The van der Waals surface area contributed by atoms with Crippen LogP contribution in [0.2, 0.25) is 5.02 Å². The fourth-order valence-electron chi connectivity index (χ4n) is 2.63. The minimum absolute atomic E-state index is 0.00985. The maximum atomic E-state index is 12.4. The second-order valence-corrected chi connectivity index (χ2v) is 7.72. The smallest absolute Gasteiger partial charge is 0.228 e. The van der Waals surface area contributed by atoms with Crippen LogP contribution in [0.15, 0.2) is 24.3 Å². The van der Waals surface area contributed by atoms with Crippen LogP contribution in [0.4, 0.5) is 0 Å². The summed E-state index contributed by atoms with van der Waals surface area (Å²) in [4.78, 5) is 18.4. The zero-order valence-corrected chi connectivity index (χ0v) is 15.1. The topological polar surface area (TPSA) is 45.3 Å². The fraction of sp³-hybridized carbons (Fsp3) is 0.375. The molecule has 1 aliphatic heterocycles. The highest BCUT2D eigenvalue weighted by molar-refractivity contribution is 7.73. The van der Waals surface area contributed by atoms with Gasteiger partial charge in [-0.25, -0.2) is 0 Å². The van der Waals surface area contributed by atoms with E-state index in [0.29, 0.717) is 34.2 Å². The Bertz CT molecular complexity index is 771. The summed E-state index contributed by atoms with van der Waals surface area (Å²) in [5, 5.41) is 0.597. The zero-order valence-electron chi connectivity index (χ0n) is 12.7. The molecule has 0 radical (unpaired) electrons. The Balaban J connectivity index is 1.59. The molecule has 1 amide bonds. The number of aromatic amines is 1. The maximum Gasteiger partial charge on any atom is 0.228 e. The van der Waals surface area contributed by atoms with E-state index in [1.165, 1.54) is 11.3 Å². The van der Waals surface area contributed by atoms with E-state index in [9.17, 15) is 4.79 Å². The minimum atomic E-state index is -0.00985. The molecule has 1 saturated heterocycles. The molecule has 0 bridgehead atoms. The Kier molecular flexibility index (Phi) is 5.04. The lowest BCUT2D eigenvalue weighted by atomic mass is 10.3. The van der Waals surface area contributed by atoms with Crippen molar-refractivity contribution >= 4 is 41.1 Å². The highest BCUT2D eigenvalue weighted by atomic mass is 35.5. The lowest BCUT2D eigenvalue weighted by Crippen LogP contribution is -2.32. The highest BCUT2D eigenvalue weighted by Crippen LogP contribution is 2.27. The molecule has 1 atom stereocenters. The first-order valence-electron chi connectivity index (χ1n) is 7.40. The third-order valence-corrected chi connectivity index (χ3v) is 5.51. The van der Waals surface area contributed by atoms with Gasteiger partial charge in [0.05, 0.1) is 18.0 Å². The first-order valence-corrected chi connectivity index (χ1v) is 9.01. The number of benzene rings is 1. The quantitative estimate of drug-likeness (QED) is 0.830. The fourth-order valence-corrected chi connectivity index (χ4v) is 4.09. The molecule has 0 unspecified atom stereocenters. The molecule has 1 N–H and O–H groups in total. The van der Waals surface area contributed by atoms with Gasteiger partial charge in [-0.15, -0.1) is 11.3 Å². The van der Waals surface area contributed by atoms with Crippen LogP contribution in [0.5, 0.6) is 5.75 Å². The normalized spacial score (nSPS) is 17.5. The van der Waals surface area contributed by atoms with E-state index in [-0.39, 0.29) is 12.0 Å². The van der Waals surface area contributed by atoms with Gasteiger partial charge in [0.1, 0.15) is 11.9 Å². The molecule has 1 fully saturated rings. The van der Waals surface area contributed by atoms with Crippen LogP contribution in [0.1, 0.15) is 17.0 Å². The third kappa shape index (κ3) is 3.94. The summed E-state index contributed by atoms with van der Waals surface area (Å²) in [7, 11) is 0. The Morgan fingerprint density at radius 1 is 1.52 bits per heavy atom. The molecule has 0 aliphatic carbocycles. The van der Waals surface area contributed by atoms with Crippen LogP contribution >= 0.6 is 35.2 Å². The van der Waals surface area contributed by atoms with E-state index in [4.69, 9.17) is 28.6 Å². The number of thiazole rings is 1. The van der Waals surface area contributed by atoms with E-state index in [2.05, 4.69) is 4.98 Å². The van der Waals surface area contributed by atoms with Crippen LogP contribution in [0.3, 0.4) is 0 Å². The number of nitrogens with zero attached hydrogens (tertiary/aromatic N) is 1. The summed E-state index contributed by atoms with van der Waals surface area (Å²) >= 11 is 12.7. The molecular weight excluding hydrogens is 352 g/mol. The first kappa shape index (κ1) is 16.5. The molecule has 3 rings (SSSR count). The number of carbonyl (C=O) groups excluding carboxylic acids is 1. The highest BCUT2D eigenvalue weighted by Gasteiger charge is 2.28.